The first-order chi connectivity index (χ1) is 7.08. The van der Waals surface area contributed by atoms with Crippen molar-refractivity contribution in [2.75, 3.05) is 40.0 Å². The van der Waals surface area contributed by atoms with E-state index >= 15 is 0 Å². The van der Waals surface area contributed by atoms with E-state index < -0.39 is 11.5 Å². The molecule has 1 aliphatic heterocycles. The molecule has 1 unspecified atom stereocenters. The van der Waals surface area contributed by atoms with Gasteiger partial charge in [0, 0.05) is 20.2 Å². The molecule has 0 aromatic carbocycles. The zero-order valence-corrected chi connectivity index (χ0v) is 9.36. The predicted octanol–water partition coefficient (Wildman–Crippen LogP) is 0.198. The number of hydrogen-bond acceptors (Lipinski definition) is 4. The van der Waals surface area contributed by atoms with Crippen LogP contribution in [0.1, 0.15) is 13.3 Å². The second-order valence-electron chi connectivity index (χ2n) is 4.10. The molecule has 1 fully saturated rings. The monoisotopic (exact) mass is 217 g/mol. The van der Waals surface area contributed by atoms with Crippen LogP contribution in [0.25, 0.3) is 0 Å². The topological polar surface area (TPSA) is 59.0 Å². The summed E-state index contributed by atoms with van der Waals surface area (Å²) in [7, 11) is 1.60. The third kappa shape index (κ3) is 3.44. The molecule has 5 nitrogen and oxygen atoms in total. The number of morpholine rings is 1. The van der Waals surface area contributed by atoms with Crippen LogP contribution < -0.4 is 0 Å². The van der Waals surface area contributed by atoms with Crippen LogP contribution in [-0.4, -0.2) is 61.5 Å². The SMILES string of the molecule is COCC(C)(CC(=O)O)N1CCOCC1. The van der Waals surface area contributed by atoms with Crippen LogP contribution in [0.15, 0.2) is 0 Å². The van der Waals surface area contributed by atoms with Crippen molar-refractivity contribution in [3.8, 4) is 0 Å². The van der Waals surface area contributed by atoms with Crippen LogP contribution >= 0.6 is 0 Å². The van der Waals surface area contributed by atoms with Crippen molar-refractivity contribution in [3.63, 3.8) is 0 Å². The highest BCUT2D eigenvalue weighted by molar-refractivity contribution is 5.68. The van der Waals surface area contributed by atoms with Crippen LogP contribution in [0, 0.1) is 0 Å². The number of carboxylic acids is 1. The Morgan fingerprint density at radius 2 is 2.13 bits per heavy atom. The van der Waals surface area contributed by atoms with E-state index in [0.29, 0.717) is 19.8 Å². The Morgan fingerprint density at radius 3 is 2.60 bits per heavy atom. The van der Waals surface area contributed by atoms with Gasteiger partial charge in [0.1, 0.15) is 0 Å². The maximum atomic E-state index is 10.8. The van der Waals surface area contributed by atoms with Crippen LogP contribution in [0.5, 0.6) is 0 Å². The molecule has 1 atom stereocenters. The summed E-state index contributed by atoms with van der Waals surface area (Å²) in [6.45, 7) is 5.23. The Labute approximate surface area is 90.0 Å². The van der Waals surface area contributed by atoms with Crippen molar-refractivity contribution in [3.05, 3.63) is 0 Å². The lowest BCUT2D eigenvalue weighted by molar-refractivity contribution is -0.143. The molecule has 0 radical (unpaired) electrons. The molecule has 5 heteroatoms. The maximum Gasteiger partial charge on any atom is 0.305 e. The van der Waals surface area contributed by atoms with Gasteiger partial charge in [-0.2, -0.15) is 0 Å². The number of aliphatic carboxylic acids is 1. The van der Waals surface area contributed by atoms with Crippen molar-refractivity contribution < 1.29 is 19.4 Å². The van der Waals surface area contributed by atoms with Gasteiger partial charge in [-0.3, -0.25) is 9.69 Å². The second kappa shape index (κ2) is 5.44. The summed E-state index contributed by atoms with van der Waals surface area (Å²) in [5, 5.41) is 8.89. The molecule has 1 rings (SSSR count). The van der Waals surface area contributed by atoms with Gasteiger partial charge in [-0.25, -0.2) is 0 Å². The first-order valence-corrected chi connectivity index (χ1v) is 5.12. The molecule has 88 valence electrons. The van der Waals surface area contributed by atoms with Gasteiger partial charge in [-0.05, 0) is 6.92 Å². The summed E-state index contributed by atoms with van der Waals surface area (Å²) < 4.78 is 10.4. The highest BCUT2D eigenvalue weighted by Crippen LogP contribution is 2.21. The van der Waals surface area contributed by atoms with Crippen molar-refractivity contribution in [1.82, 2.24) is 4.90 Å². The van der Waals surface area contributed by atoms with E-state index in [9.17, 15) is 4.79 Å². The average molecular weight is 217 g/mol. The van der Waals surface area contributed by atoms with E-state index in [1.54, 1.807) is 7.11 Å². The molecule has 1 aliphatic rings. The zero-order chi connectivity index (χ0) is 11.3. The lowest BCUT2D eigenvalue weighted by Gasteiger charge is -2.41. The van der Waals surface area contributed by atoms with Gasteiger partial charge in [0.15, 0.2) is 0 Å². The predicted molar refractivity (Wildman–Crippen MR) is 54.9 cm³/mol. The molecule has 0 amide bonds. The summed E-state index contributed by atoms with van der Waals surface area (Å²) in [4.78, 5) is 13.0. The first-order valence-electron chi connectivity index (χ1n) is 5.12. The second-order valence-corrected chi connectivity index (χ2v) is 4.10. The number of carbonyl (C=O) groups is 1. The molecule has 1 N–H and O–H groups in total. The van der Waals surface area contributed by atoms with Crippen molar-refractivity contribution in [1.29, 1.82) is 0 Å². The smallest absolute Gasteiger partial charge is 0.305 e. The summed E-state index contributed by atoms with van der Waals surface area (Å²) in [5.41, 5.74) is -0.426. The molecular formula is C10H19NO4. The van der Waals surface area contributed by atoms with Gasteiger partial charge in [-0.1, -0.05) is 0 Å². The third-order valence-electron chi connectivity index (χ3n) is 2.76. The quantitative estimate of drug-likeness (QED) is 0.712. The summed E-state index contributed by atoms with van der Waals surface area (Å²) in [5.74, 6) is -0.791. The minimum atomic E-state index is -0.791. The van der Waals surface area contributed by atoms with Crippen molar-refractivity contribution in [2.45, 2.75) is 18.9 Å². The van der Waals surface area contributed by atoms with E-state index in [2.05, 4.69) is 4.90 Å². The van der Waals surface area contributed by atoms with Gasteiger partial charge < -0.3 is 14.6 Å². The number of ether oxygens (including phenoxy) is 2. The Kier molecular flexibility index (Phi) is 4.50. The minimum absolute atomic E-state index is 0.0981. The molecule has 0 aromatic rings. The Bertz CT molecular complexity index is 215. The van der Waals surface area contributed by atoms with E-state index in [1.165, 1.54) is 0 Å². The molecule has 1 heterocycles. The Morgan fingerprint density at radius 1 is 1.53 bits per heavy atom. The van der Waals surface area contributed by atoms with Crippen molar-refractivity contribution >= 4 is 5.97 Å². The zero-order valence-electron chi connectivity index (χ0n) is 9.36. The minimum Gasteiger partial charge on any atom is -0.481 e. The lowest BCUT2D eigenvalue weighted by Crippen LogP contribution is -2.55. The molecule has 0 saturated carbocycles. The van der Waals surface area contributed by atoms with Gasteiger partial charge in [0.25, 0.3) is 0 Å². The average Bonchev–Trinajstić information content (AvgIpc) is 2.18. The molecule has 0 aromatic heterocycles. The Hall–Kier alpha value is -0.650. The van der Waals surface area contributed by atoms with Crippen LogP contribution in [0.4, 0.5) is 0 Å². The summed E-state index contributed by atoms with van der Waals surface area (Å²) in [6.07, 6.45) is 0.0981. The van der Waals surface area contributed by atoms with E-state index in [4.69, 9.17) is 14.6 Å². The largest absolute Gasteiger partial charge is 0.481 e. The van der Waals surface area contributed by atoms with E-state index in [0.717, 1.165) is 13.1 Å². The molecular weight excluding hydrogens is 198 g/mol. The summed E-state index contributed by atoms with van der Waals surface area (Å²) >= 11 is 0. The first kappa shape index (κ1) is 12.4. The van der Waals surface area contributed by atoms with Crippen LogP contribution in [0.2, 0.25) is 0 Å². The van der Waals surface area contributed by atoms with Gasteiger partial charge in [0.05, 0.1) is 31.8 Å². The van der Waals surface area contributed by atoms with Gasteiger partial charge in [0.2, 0.25) is 0 Å². The van der Waals surface area contributed by atoms with Crippen LogP contribution in [-0.2, 0) is 14.3 Å². The fourth-order valence-corrected chi connectivity index (χ4v) is 1.99. The number of hydrogen-bond donors (Lipinski definition) is 1. The molecule has 0 bridgehead atoms. The standard InChI is InChI=1S/C10H19NO4/c1-10(8-14-2,7-9(12)13)11-3-5-15-6-4-11/h3-8H2,1-2H3,(H,12,13). The molecule has 0 aliphatic carbocycles. The number of nitrogens with zero attached hydrogens (tertiary/aromatic N) is 1. The number of rotatable bonds is 5. The number of methoxy groups -OCH3 is 1. The maximum absolute atomic E-state index is 10.8. The normalized spacial score (nSPS) is 22.3. The fourth-order valence-electron chi connectivity index (χ4n) is 1.99. The van der Waals surface area contributed by atoms with Crippen LogP contribution in [0.3, 0.4) is 0 Å². The lowest BCUT2D eigenvalue weighted by atomic mass is 9.96. The number of carboxylic acid groups (broad SMARTS) is 1. The highest BCUT2D eigenvalue weighted by atomic mass is 16.5. The van der Waals surface area contributed by atoms with Gasteiger partial charge in [-0.15, -0.1) is 0 Å². The molecule has 15 heavy (non-hydrogen) atoms. The van der Waals surface area contributed by atoms with E-state index in [-0.39, 0.29) is 6.42 Å². The molecule has 1 saturated heterocycles. The third-order valence-corrected chi connectivity index (χ3v) is 2.76. The van der Waals surface area contributed by atoms with Crippen molar-refractivity contribution in [2.24, 2.45) is 0 Å². The Balaban J connectivity index is 2.64. The van der Waals surface area contributed by atoms with Gasteiger partial charge >= 0.3 is 5.97 Å². The summed E-state index contributed by atoms with van der Waals surface area (Å²) in [6, 6.07) is 0. The molecule has 0 spiro atoms. The van der Waals surface area contributed by atoms with E-state index in [1.807, 2.05) is 6.92 Å². The fraction of sp³-hybridized carbons (Fsp3) is 0.900. The highest BCUT2D eigenvalue weighted by Gasteiger charge is 2.35.